The second-order valence-electron chi connectivity index (χ2n) is 4.05. The fourth-order valence-electron chi connectivity index (χ4n) is 1.66. The van der Waals surface area contributed by atoms with Gasteiger partial charge in [0.15, 0.2) is 5.03 Å². The molecule has 0 aliphatic heterocycles. The number of pyridine rings is 1. The molecule has 0 radical (unpaired) electrons. The van der Waals surface area contributed by atoms with Gasteiger partial charge in [-0.1, -0.05) is 0 Å². The SMILES string of the molecule is CNCc1cn[nH]c1S(=O)(=O)Nc1ccnc(C)c1. The van der Waals surface area contributed by atoms with Crippen LogP contribution in [0.1, 0.15) is 11.3 Å². The lowest BCUT2D eigenvalue weighted by atomic mass is 10.3. The van der Waals surface area contributed by atoms with Crippen LogP contribution < -0.4 is 10.0 Å². The van der Waals surface area contributed by atoms with E-state index in [9.17, 15) is 8.42 Å². The number of anilines is 1. The monoisotopic (exact) mass is 281 g/mol. The Morgan fingerprint density at radius 1 is 1.42 bits per heavy atom. The van der Waals surface area contributed by atoms with Crippen LogP contribution in [0.3, 0.4) is 0 Å². The van der Waals surface area contributed by atoms with Gasteiger partial charge in [0.2, 0.25) is 0 Å². The van der Waals surface area contributed by atoms with E-state index in [2.05, 4.69) is 25.2 Å². The van der Waals surface area contributed by atoms with Gasteiger partial charge in [0, 0.05) is 24.0 Å². The largest absolute Gasteiger partial charge is 0.316 e. The fourth-order valence-corrected chi connectivity index (χ4v) is 2.85. The zero-order chi connectivity index (χ0) is 13.9. The minimum absolute atomic E-state index is 0.0660. The summed E-state index contributed by atoms with van der Waals surface area (Å²) in [6.45, 7) is 2.21. The van der Waals surface area contributed by atoms with Crippen molar-refractivity contribution in [1.82, 2.24) is 20.5 Å². The van der Waals surface area contributed by atoms with E-state index in [1.54, 1.807) is 32.3 Å². The summed E-state index contributed by atoms with van der Waals surface area (Å²) < 4.78 is 27.0. The van der Waals surface area contributed by atoms with Gasteiger partial charge in [-0.05, 0) is 26.1 Å². The molecule has 0 spiro atoms. The Morgan fingerprint density at radius 3 is 2.89 bits per heavy atom. The minimum atomic E-state index is -3.68. The van der Waals surface area contributed by atoms with Crippen LogP contribution in [0.25, 0.3) is 0 Å². The molecular weight excluding hydrogens is 266 g/mol. The molecule has 102 valence electrons. The maximum Gasteiger partial charge on any atom is 0.279 e. The molecule has 2 heterocycles. The molecule has 7 nitrogen and oxygen atoms in total. The maximum absolute atomic E-state index is 12.2. The normalized spacial score (nSPS) is 11.5. The highest BCUT2D eigenvalue weighted by atomic mass is 32.2. The predicted molar refractivity (Wildman–Crippen MR) is 71.1 cm³/mol. The maximum atomic E-state index is 12.2. The van der Waals surface area contributed by atoms with Crippen LogP contribution in [-0.2, 0) is 16.6 Å². The molecule has 0 amide bonds. The third-order valence-electron chi connectivity index (χ3n) is 2.46. The first-order chi connectivity index (χ1) is 9.03. The molecule has 8 heteroatoms. The predicted octanol–water partition coefficient (Wildman–Crippen LogP) is 0.633. The molecule has 0 atom stereocenters. The minimum Gasteiger partial charge on any atom is -0.316 e. The lowest BCUT2D eigenvalue weighted by Gasteiger charge is -2.08. The average molecular weight is 281 g/mol. The molecule has 2 aromatic rings. The van der Waals surface area contributed by atoms with Crippen molar-refractivity contribution in [3.8, 4) is 0 Å². The summed E-state index contributed by atoms with van der Waals surface area (Å²) in [6, 6.07) is 3.25. The lowest BCUT2D eigenvalue weighted by molar-refractivity contribution is 0.595. The molecule has 0 aliphatic rings. The first-order valence-corrected chi connectivity index (χ1v) is 7.13. The van der Waals surface area contributed by atoms with Crippen LogP contribution >= 0.6 is 0 Å². The van der Waals surface area contributed by atoms with Crippen molar-refractivity contribution >= 4 is 15.7 Å². The number of aromatic amines is 1. The smallest absolute Gasteiger partial charge is 0.279 e. The van der Waals surface area contributed by atoms with Crippen LogP contribution in [-0.4, -0.2) is 30.6 Å². The highest BCUT2D eigenvalue weighted by Gasteiger charge is 2.20. The van der Waals surface area contributed by atoms with E-state index in [-0.39, 0.29) is 5.03 Å². The van der Waals surface area contributed by atoms with E-state index in [4.69, 9.17) is 0 Å². The number of hydrogen-bond donors (Lipinski definition) is 3. The van der Waals surface area contributed by atoms with Crippen molar-refractivity contribution in [2.24, 2.45) is 0 Å². The molecule has 0 saturated heterocycles. The van der Waals surface area contributed by atoms with E-state index in [1.807, 2.05) is 0 Å². The Balaban J connectivity index is 2.30. The quantitative estimate of drug-likeness (QED) is 0.746. The molecular formula is C11H15N5O2S. The van der Waals surface area contributed by atoms with Gasteiger partial charge in [-0.3, -0.25) is 14.8 Å². The fraction of sp³-hybridized carbons (Fsp3) is 0.273. The van der Waals surface area contributed by atoms with Crippen LogP contribution in [0.2, 0.25) is 0 Å². The van der Waals surface area contributed by atoms with Crippen molar-refractivity contribution in [2.45, 2.75) is 18.5 Å². The molecule has 0 fully saturated rings. The molecule has 2 aromatic heterocycles. The second kappa shape index (κ2) is 5.37. The third kappa shape index (κ3) is 3.09. The Hall–Kier alpha value is -1.93. The number of aromatic nitrogens is 3. The van der Waals surface area contributed by atoms with E-state index in [0.29, 0.717) is 17.8 Å². The van der Waals surface area contributed by atoms with Crippen molar-refractivity contribution < 1.29 is 8.42 Å². The lowest BCUT2D eigenvalue weighted by Crippen LogP contribution is -2.17. The van der Waals surface area contributed by atoms with Gasteiger partial charge in [-0.2, -0.15) is 13.5 Å². The van der Waals surface area contributed by atoms with Gasteiger partial charge in [-0.15, -0.1) is 0 Å². The van der Waals surface area contributed by atoms with E-state index in [0.717, 1.165) is 5.69 Å². The Morgan fingerprint density at radius 2 is 2.21 bits per heavy atom. The van der Waals surface area contributed by atoms with Crippen LogP contribution in [0.4, 0.5) is 5.69 Å². The molecule has 0 aromatic carbocycles. The highest BCUT2D eigenvalue weighted by molar-refractivity contribution is 7.92. The summed E-state index contributed by atoms with van der Waals surface area (Å²) in [4.78, 5) is 4.01. The van der Waals surface area contributed by atoms with Crippen molar-refractivity contribution in [1.29, 1.82) is 0 Å². The van der Waals surface area contributed by atoms with E-state index >= 15 is 0 Å². The number of nitrogens with one attached hydrogen (secondary N) is 3. The Labute approximate surface area is 111 Å². The Kier molecular flexibility index (Phi) is 3.82. The van der Waals surface area contributed by atoms with Crippen LogP contribution in [0.5, 0.6) is 0 Å². The van der Waals surface area contributed by atoms with E-state index < -0.39 is 10.0 Å². The van der Waals surface area contributed by atoms with Crippen LogP contribution in [0.15, 0.2) is 29.6 Å². The summed E-state index contributed by atoms with van der Waals surface area (Å²) in [5.41, 5.74) is 1.79. The number of nitrogens with zero attached hydrogens (tertiary/aromatic N) is 2. The first kappa shape index (κ1) is 13.5. The molecule has 0 aliphatic carbocycles. The zero-order valence-corrected chi connectivity index (χ0v) is 11.5. The number of hydrogen-bond acceptors (Lipinski definition) is 5. The molecule has 3 N–H and O–H groups in total. The van der Waals surface area contributed by atoms with Gasteiger partial charge in [0.05, 0.1) is 11.9 Å². The van der Waals surface area contributed by atoms with E-state index in [1.165, 1.54) is 6.20 Å². The number of aryl methyl sites for hydroxylation is 1. The molecule has 0 unspecified atom stereocenters. The molecule has 0 saturated carbocycles. The Bertz CT molecular complexity index is 665. The average Bonchev–Trinajstić information content (AvgIpc) is 2.78. The summed E-state index contributed by atoms with van der Waals surface area (Å²) in [6.07, 6.45) is 3.04. The van der Waals surface area contributed by atoms with Gasteiger partial charge < -0.3 is 5.32 Å². The highest BCUT2D eigenvalue weighted by Crippen LogP contribution is 2.17. The van der Waals surface area contributed by atoms with Crippen molar-refractivity contribution in [3.63, 3.8) is 0 Å². The van der Waals surface area contributed by atoms with Crippen molar-refractivity contribution in [2.75, 3.05) is 11.8 Å². The van der Waals surface area contributed by atoms with Crippen molar-refractivity contribution in [3.05, 3.63) is 35.8 Å². The van der Waals surface area contributed by atoms with Gasteiger partial charge in [-0.25, -0.2) is 0 Å². The van der Waals surface area contributed by atoms with Gasteiger partial charge >= 0.3 is 0 Å². The molecule has 0 bridgehead atoms. The standard InChI is InChI=1S/C11H15N5O2S/c1-8-5-10(3-4-13-8)16-19(17,18)11-9(6-12-2)7-14-15-11/h3-5,7,12H,6H2,1-2H3,(H,13,16)(H,14,15). The number of rotatable bonds is 5. The summed E-state index contributed by atoms with van der Waals surface area (Å²) in [5, 5.41) is 9.24. The molecule has 2 rings (SSSR count). The first-order valence-electron chi connectivity index (χ1n) is 5.65. The summed E-state index contributed by atoms with van der Waals surface area (Å²) in [5.74, 6) is 0. The summed E-state index contributed by atoms with van der Waals surface area (Å²) in [7, 11) is -1.94. The number of sulfonamides is 1. The second-order valence-corrected chi connectivity index (χ2v) is 5.67. The molecule has 19 heavy (non-hydrogen) atoms. The zero-order valence-electron chi connectivity index (χ0n) is 10.6. The topological polar surface area (TPSA) is 99.8 Å². The third-order valence-corrected chi connectivity index (χ3v) is 3.86. The summed E-state index contributed by atoms with van der Waals surface area (Å²) >= 11 is 0. The number of H-pyrrole nitrogens is 1. The van der Waals surface area contributed by atoms with Gasteiger partial charge in [0.1, 0.15) is 0 Å². The van der Waals surface area contributed by atoms with Gasteiger partial charge in [0.25, 0.3) is 10.0 Å². The van der Waals surface area contributed by atoms with Crippen LogP contribution in [0, 0.1) is 6.92 Å².